The first kappa shape index (κ1) is 18.7. The predicted octanol–water partition coefficient (Wildman–Crippen LogP) is 1.83. The molecule has 0 fully saturated rings. The Morgan fingerprint density at radius 3 is 1.95 bits per heavy atom. The SMILES string of the molecule is CC(C)(C)OCC(=O)NCCCNC(=O)OC(C)(C)C. The molecule has 0 aliphatic carbocycles. The Balaban J connectivity index is 3.58. The third kappa shape index (κ3) is 13.1. The van der Waals surface area contributed by atoms with E-state index in [-0.39, 0.29) is 18.1 Å². The van der Waals surface area contributed by atoms with E-state index < -0.39 is 11.7 Å². The number of hydrogen-bond donors (Lipinski definition) is 2. The van der Waals surface area contributed by atoms with Crippen LogP contribution in [0.15, 0.2) is 0 Å². The third-order valence-corrected chi connectivity index (χ3v) is 1.98. The van der Waals surface area contributed by atoms with Crippen LogP contribution in [-0.4, -0.2) is 42.9 Å². The molecule has 6 heteroatoms. The molecule has 0 heterocycles. The Morgan fingerprint density at radius 2 is 1.45 bits per heavy atom. The van der Waals surface area contributed by atoms with Crippen molar-refractivity contribution in [2.45, 2.75) is 59.2 Å². The number of ether oxygens (including phenoxy) is 2. The highest BCUT2D eigenvalue weighted by molar-refractivity contribution is 5.77. The van der Waals surface area contributed by atoms with Crippen LogP contribution in [0.5, 0.6) is 0 Å². The molecule has 0 aromatic rings. The Hall–Kier alpha value is -1.30. The molecule has 0 aromatic heterocycles. The molecule has 6 nitrogen and oxygen atoms in total. The van der Waals surface area contributed by atoms with Crippen molar-refractivity contribution in [3.8, 4) is 0 Å². The molecule has 0 saturated carbocycles. The van der Waals surface area contributed by atoms with E-state index in [1.807, 2.05) is 41.5 Å². The molecule has 0 atom stereocenters. The normalized spacial score (nSPS) is 11.9. The van der Waals surface area contributed by atoms with Gasteiger partial charge < -0.3 is 20.1 Å². The van der Waals surface area contributed by atoms with Crippen LogP contribution in [0.2, 0.25) is 0 Å². The summed E-state index contributed by atoms with van der Waals surface area (Å²) in [5, 5.41) is 5.35. The van der Waals surface area contributed by atoms with Gasteiger partial charge in [-0.3, -0.25) is 4.79 Å². The first-order valence-electron chi connectivity index (χ1n) is 6.87. The number of rotatable bonds is 6. The van der Waals surface area contributed by atoms with E-state index in [0.717, 1.165) is 0 Å². The van der Waals surface area contributed by atoms with Gasteiger partial charge in [-0.15, -0.1) is 0 Å². The second-order valence-electron chi connectivity index (χ2n) is 6.53. The topological polar surface area (TPSA) is 76.7 Å². The van der Waals surface area contributed by atoms with Gasteiger partial charge in [0.15, 0.2) is 0 Å². The van der Waals surface area contributed by atoms with Gasteiger partial charge in [0.2, 0.25) is 5.91 Å². The number of carbonyl (C=O) groups is 2. The Kier molecular flexibility index (Phi) is 7.57. The zero-order chi connectivity index (χ0) is 15.8. The summed E-state index contributed by atoms with van der Waals surface area (Å²) in [7, 11) is 0. The monoisotopic (exact) mass is 288 g/mol. The van der Waals surface area contributed by atoms with Crippen molar-refractivity contribution in [2.24, 2.45) is 0 Å². The highest BCUT2D eigenvalue weighted by Crippen LogP contribution is 2.06. The van der Waals surface area contributed by atoms with Gasteiger partial charge in [-0.2, -0.15) is 0 Å². The second-order valence-corrected chi connectivity index (χ2v) is 6.53. The zero-order valence-electron chi connectivity index (χ0n) is 13.5. The molecule has 20 heavy (non-hydrogen) atoms. The van der Waals surface area contributed by atoms with Crippen LogP contribution in [0.25, 0.3) is 0 Å². The fourth-order valence-corrected chi connectivity index (χ4v) is 1.15. The highest BCUT2D eigenvalue weighted by Gasteiger charge is 2.15. The van der Waals surface area contributed by atoms with Crippen molar-refractivity contribution in [2.75, 3.05) is 19.7 Å². The molecule has 0 bridgehead atoms. The lowest BCUT2D eigenvalue weighted by atomic mass is 10.2. The van der Waals surface area contributed by atoms with Crippen molar-refractivity contribution in [3.05, 3.63) is 0 Å². The second kappa shape index (κ2) is 8.09. The molecule has 0 radical (unpaired) electrons. The molecule has 2 N–H and O–H groups in total. The summed E-state index contributed by atoms with van der Waals surface area (Å²) in [5.74, 6) is -0.155. The summed E-state index contributed by atoms with van der Waals surface area (Å²) in [4.78, 5) is 22.8. The van der Waals surface area contributed by atoms with Crippen LogP contribution in [-0.2, 0) is 14.3 Å². The van der Waals surface area contributed by atoms with Crippen LogP contribution >= 0.6 is 0 Å². The molecule has 0 rings (SSSR count). The molecule has 0 spiro atoms. The number of carbonyl (C=O) groups excluding carboxylic acids is 2. The number of amides is 2. The molecule has 0 saturated heterocycles. The lowest BCUT2D eigenvalue weighted by molar-refractivity contribution is -0.130. The standard InChI is InChI=1S/C14H28N2O4/c1-13(2,3)19-10-11(17)15-8-7-9-16-12(18)20-14(4,5)6/h7-10H2,1-6H3,(H,15,17)(H,16,18). The van der Waals surface area contributed by atoms with Crippen LogP contribution in [0, 0.1) is 0 Å². The Labute approximate surface area is 121 Å². The van der Waals surface area contributed by atoms with Gasteiger partial charge in [0, 0.05) is 13.1 Å². The lowest BCUT2D eigenvalue weighted by Crippen LogP contribution is -2.36. The van der Waals surface area contributed by atoms with Gasteiger partial charge in [0.05, 0.1) is 5.60 Å². The maximum absolute atomic E-state index is 11.4. The van der Waals surface area contributed by atoms with Crippen molar-refractivity contribution in [1.29, 1.82) is 0 Å². The summed E-state index contributed by atoms with van der Waals surface area (Å²) in [6, 6.07) is 0. The fraction of sp³-hybridized carbons (Fsp3) is 0.857. The third-order valence-electron chi connectivity index (χ3n) is 1.98. The van der Waals surface area contributed by atoms with Crippen molar-refractivity contribution in [3.63, 3.8) is 0 Å². The molecule has 0 aliphatic rings. The van der Waals surface area contributed by atoms with Crippen LogP contribution in [0.3, 0.4) is 0 Å². The van der Waals surface area contributed by atoms with E-state index in [4.69, 9.17) is 9.47 Å². The average molecular weight is 288 g/mol. The maximum atomic E-state index is 11.4. The summed E-state index contributed by atoms with van der Waals surface area (Å²) >= 11 is 0. The van der Waals surface area contributed by atoms with E-state index in [9.17, 15) is 9.59 Å². The summed E-state index contributed by atoms with van der Waals surface area (Å²) < 4.78 is 10.4. The van der Waals surface area contributed by atoms with Gasteiger partial charge in [-0.25, -0.2) is 4.79 Å². The van der Waals surface area contributed by atoms with Crippen LogP contribution in [0.1, 0.15) is 48.0 Å². The van der Waals surface area contributed by atoms with Gasteiger partial charge in [-0.1, -0.05) is 0 Å². The van der Waals surface area contributed by atoms with Crippen LogP contribution < -0.4 is 10.6 Å². The van der Waals surface area contributed by atoms with Gasteiger partial charge >= 0.3 is 6.09 Å². The minimum Gasteiger partial charge on any atom is -0.444 e. The summed E-state index contributed by atoms with van der Waals surface area (Å²) in [6.45, 7) is 12.1. The first-order valence-corrected chi connectivity index (χ1v) is 6.87. The zero-order valence-corrected chi connectivity index (χ0v) is 13.5. The molecule has 118 valence electrons. The minimum atomic E-state index is -0.497. The van der Waals surface area contributed by atoms with Gasteiger partial charge in [0.1, 0.15) is 12.2 Å². The molecular weight excluding hydrogens is 260 g/mol. The molecule has 0 aliphatic heterocycles. The number of hydrogen-bond acceptors (Lipinski definition) is 4. The fourth-order valence-electron chi connectivity index (χ4n) is 1.15. The quantitative estimate of drug-likeness (QED) is 0.731. The Morgan fingerprint density at radius 1 is 0.900 bits per heavy atom. The smallest absolute Gasteiger partial charge is 0.407 e. The molecular formula is C14H28N2O4. The summed E-state index contributed by atoms with van der Waals surface area (Å²) in [6.07, 6.45) is 0.195. The first-order chi connectivity index (χ1) is 8.99. The Bertz CT molecular complexity index is 316. The lowest BCUT2D eigenvalue weighted by Gasteiger charge is -2.20. The maximum Gasteiger partial charge on any atom is 0.407 e. The van der Waals surface area contributed by atoms with E-state index in [0.29, 0.717) is 19.5 Å². The summed E-state index contributed by atoms with van der Waals surface area (Å²) in [5.41, 5.74) is -0.821. The number of alkyl carbamates (subject to hydrolysis) is 1. The average Bonchev–Trinajstić information content (AvgIpc) is 2.22. The largest absolute Gasteiger partial charge is 0.444 e. The molecule has 2 amide bonds. The van der Waals surface area contributed by atoms with Crippen LogP contribution in [0.4, 0.5) is 4.79 Å². The highest BCUT2D eigenvalue weighted by atomic mass is 16.6. The van der Waals surface area contributed by atoms with Crippen molar-refractivity contribution in [1.82, 2.24) is 10.6 Å². The predicted molar refractivity (Wildman–Crippen MR) is 77.6 cm³/mol. The van der Waals surface area contributed by atoms with Gasteiger partial charge in [0.25, 0.3) is 0 Å². The van der Waals surface area contributed by atoms with Crippen molar-refractivity contribution < 1.29 is 19.1 Å². The van der Waals surface area contributed by atoms with E-state index in [2.05, 4.69) is 10.6 Å². The van der Waals surface area contributed by atoms with E-state index >= 15 is 0 Å². The molecule has 0 unspecified atom stereocenters. The van der Waals surface area contributed by atoms with E-state index in [1.54, 1.807) is 0 Å². The number of nitrogens with one attached hydrogen (secondary N) is 2. The van der Waals surface area contributed by atoms with Gasteiger partial charge in [-0.05, 0) is 48.0 Å². The van der Waals surface area contributed by atoms with E-state index in [1.165, 1.54) is 0 Å². The minimum absolute atomic E-state index is 0.0446. The van der Waals surface area contributed by atoms with Crippen molar-refractivity contribution >= 4 is 12.0 Å². The molecule has 0 aromatic carbocycles.